The van der Waals surface area contributed by atoms with Crippen molar-refractivity contribution >= 4 is 26.0 Å². The summed E-state index contributed by atoms with van der Waals surface area (Å²) in [7, 11) is -3.01. The van der Waals surface area contributed by atoms with Gasteiger partial charge in [0, 0.05) is 11.4 Å². The molecule has 0 aromatic rings. The van der Waals surface area contributed by atoms with E-state index in [1.54, 1.807) is 0 Å². The average Bonchev–Trinajstić information content (AvgIpc) is 3.00. The number of halogens is 1. The minimum Gasteiger partial charge on any atom is -0.215 e. The van der Waals surface area contributed by atoms with E-state index in [4.69, 9.17) is 0 Å². The van der Waals surface area contributed by atoms with Crippen molar-refractivity contribution in [3.63, 3.8) is 0 Å². The van der Waals surface area contributed by atoms with E-state index in [1.807, 2.05) is 0 Å². The molecular weight excluding hydrogens is 290 g/mol. The molecule has 3 nitrogen and oxygen atoms in total. The third kappa shape index (κ3) is 4.00. The number of sulfonamides is 1. The van der Waals surface area contributed by atoms with Gasteiger partial charge in [-0.1, -0.05) is 28.8 Å². The quantitative estimate of drug-likeness (QED) is 0.792. The molecule has 0 saturated heterocycles. The second-order valence-electron chi connectivity index (χ2n) is 5.13. The van der Waals surface area contributed by atoms with Gasteiger partial charge in [0.15, 0.2) is 0 Å². The molecule has 5 heteroatoms. The SMILES string of the molecule is O=S(=O)(CC1CC1)NCC1CCCCC1Br. The molecule has 94 valence electrons. The van der Waals surface area contributed by atoms with Crippen LogP contribution in [-0.4, -0.2) is 25.5 Å². The van der Waals surface area contributed by atoms with Gasteiger partial charge in [-0.25, -0.2) is 13.1 Å². The summed E-state index contributed by atoms with van der Waals surface area (Å²) in [5.41, 5.74) is 0. The second-order valence-corrected chi connectivity index (χ2v) is 8.16. The van der Waals surface area contributed by atoms with E-state index in [0.29, 0.717) is 29.0 Å². The van der Waals surface area contributed by atoms with Gasteiger partial charge in [-0.3, -0.25) is 0 Å². The van der Waals surface area contributed by atoms with E-state index in [2.05, 4.69) is 20.7 Å². The van der Waals surface area contributed by atoms with E-state index in [9.17, 15) is 8.42 Å². The van der Waals surface area contributed by atoms with Crippen molar-refractivity contribution < 1.29 is 8.42 Å². The normalized spacial score (nSPS) is 31.6. The van der Waals surface area contributed by atoms with Gasteiger partial charge in [0.25, 0.3) is 0 Å². The molecule has 1 N–H and O–H groups in total. The molecule has 2 saturated carbocycles. The first-order valence-electron chi connectivity index (χ1n) is 6.18. The van der Waals surface area contributed by atoms with Gasteiger partial charge in [0.1, 0.15) is 0 Å². The number of hydrogen-bond acceptors (Lipinski definition) is 2. The van der Waals surface area contributed by atoms with Gasteiger partial charge in [0.2, 0.25) is 10.0 Å². The molecule has 2 unspecified atom stereocenters. The van der Waals surface area contributed by atoms with Gasteiger partial charge in [0.05, 0.1) is 5.75 Å². The molecule has 0 heterocycles. The summed E-state index contributed by atoms with van der Waals surface area (Å²) >= 11 is 3.65. The topological polar surface area (TPSA) is 46.2 Å². The van der Waals surface area contributed by atoms with Gasteiger partial charge in [-0.05, 0) is 37.5 Å². The van der Waals surface area contributed by atoms with Crippen molar-refractivity contribution in [3.8, 4) is 0 Å². The van der Waals surface area contributed by atoms with Crippen LogP contribution in [0.15, 0.2) is 0 Å². The third-order valence-electron chi connectivity index (χ3n) is 3.53. The Hall–Kier alpha value is 0.390. The fraction of sp³-hybridized carbons (Fsp3) is 1.00. The fourth-order valence-electron chi connectivity index (χ4n) is 2.28. The van der Waals surface area contributed by atoms with E-state index in [0.717, 1.165) is 19.3 Å². The van der Waals surface area contributed by atoms with Gasteiger partial charge in [-0.2, -0.15) is 0 Å². The zero-order valence-electron chi connectivity index (χ0n) is 9.49. The Morgan fingerprint density at radius 3 is 2.44 bits per heavy atom. The van der Waals surface area contributed by atoms with Crippen LogP contribution in [0.3, 0.4) is 0 Å². The lowest BCUT2D eigenvalue weighted by atomic mass is 9.89. The monoisotopic (exact) mass is 309 g/mol. The van der Waals surface area contributed by atoms with Gasteiger partial charge >= 0.3 is 0 Å². The highest BCUT2D eigenvalue weighted by Gasteiger charge is 2.29. The van der Waals surface area contributed by atoms with Crippen molar-refractivity contribution in [1.82, 2.24) is 4.72 Å². The van der Waals surface area contributed by atoms with Crippen LogP contribution in [0.4, 0.5) is 0 Å². The molecule has 0 spiro atoms. The summed E-state index contributed by atoms with van der Waals surface area (Å²) in [6.45, 7) is 0.616. The molecule has 0 aromatic carbocycles. The van der Waals surface area contributed by atoms with Crippen molar-refractivity contribution in [1.29, 1.82) is 0 Å². The smallest absolute Gasteiger partial charge is 0.211 e. The van der Waals surface area contributed by atoms with Crippen molar-refractivity contribution in [2.45, 2.75) is 43.4 Å². The molecule has 2 fully saturated rings. The first kappa shape index (κ1) is 12.8. The van der Waals surface area contributed by atoms with E-state index in [-0.39, 0.29) is 0 Å². The maximum absolute atomic E-state index is 11.7. The molecule has 0 bridgehead atoms. The lowest BCUT2D eigenvalue weighted by Gasteiger charge is -2.27. The van der Waals surface area contributed by atoms with Crippen LogP contribution >= 0.6 is 15.9 Å². The van der Waals surface area contributed by atoms with Crippen LogP contribution in [0.2, 0.25) is 0 Å². The largest absolute Gasteiger partial charge is 0.215 e. The summed E-state index contributed by atoms with van der Waals surface area (Å²) in [6, 6.07) is 0. The molecule has 2 aliphatic rings. The standard InChI is InChI=1S/C11H20BrNO2S/c12-11-4-2-1-3-10(11)7-13-16(14,15)8-9-5-6-9/h9-11,13H,1-8H2. The molecule has 0 aromatic heterocycles. The zero-order valence-corrected chi connectivity index (χ0v) is 11.9. The minimum absolute atomic E-state index is 0.340. The van der Waals surface area contributed by atoms with Crippen LogP contribution in [0.1, 0.15) is 38.5 Å². The van der Waals surface area contributed by atoms with Crippen molar-refractivity contribution in [3.05, 3.63) is 0 Å². The molecule has 2 atom stereocenters. The number of alkyl halides is 1. The Balaban J connectivity index is 1.76. The average molecular weight is 310 g/mol. The van der Waals surface area contributed by atoms with Crippen LogP contribution in [-0.2, 0) is 10.0 Å². The Kier molecular flexibility index (Phi) is 4.30. The summed E-state index contributed by atoms with van der Waals surface area (Å²) in [5, 5.41) is 0. The Bertz CT molecular complexity index is 327. The number of hydrogen-bond donors (Lipinski definition) is 1. The summed E-state index contributed by atoms with van der Waals surface area (Å²) < 4.78 is 26.2. The van der Waals surface area contributed by atoms with Crippen LogP contribution in [0.25, 0.3) is 0 Å². The first-order valence-corrected chi connectivity index (χ1v) is 8.75. The maximum atomic E-state index is 11.7. The molecule has 2 aliphatic carbocycles. The molecular formula is C11H20BrNO2S. The lowest BCUT2D eigenvalue weighted by Crippen LogP contribution is -2.36. The number of rotatable bonds is 5. The highest BCUT2D eigenvalue weighted by molar-refractivity contribution is 9.09. The Morgan fingerprint density at radius 2 is 1.81 bits per heavy atom. The van der Waals surface area contributed by atoms with E-state index < -0.39 is 10.0 Å². The fourth-order valence-corrected chi connectivity index (χ4v) is 4.59. The van der Waals surface area contributed by atoms with Crippen molar-refractivity contribution in [2.24, 2.45) is 11.8 Å². The van der Waals surface area contributed by atoms with Crippen LogP contribution < -0.4 is 4.72 Å². The Labute approximate surface area is 107 Å². The molecule has 16 heavy (non-hydrogen) atoms. The zero-order chi connectivity index (χ0) is 11.6. The molecule has 0 aliphatic heterocycles. The predicted molar refractivity (Wildman–Crippen MR) is 69.2 cm³/mol. The summed E-state index contributed by atoms with van der Waals surface area (Å²) in [6.07, 6.45) is 6.99. The Morgan fingerprint density at radius 1 is 1.12 bits per heavy atom. The third-order valence-corrected chi connectivity index (χ3v) is 6.26. The number of nitrogens with one attached hydrogen (secondary N) is 1. The van der Waals surface area contributed by atoms with Crippen molar-refractivity contribution in [2.75, 3.05) is 12.3 Å². The van der Waals surface area contributed by atoms with E-state index >= 15 is 0 Å². The minimum atomic E-state index is -3.01. The van der Waals surface area contributed by atoms with E-state index in [1.165, 1.54) is 19.3 Å². The highest BCUT2D eigenvalue weighted by atomic mass is 79.9. The highest BCUT2D eigenvalue weighted by Crippen LogP contribution is 2.31. The molecule has 0 radical (unpaired) electrons. The van der Waals surface area contributed by atoms with Crippen LogP contribution in [0, 0.1) is 11.8 Å². The lowest BCUT2D eigenvalue weighted by molar-refractivity contribution is 0.373. The molecule has 2 rings (SSSR count). The first-order chi connectivity index (χ1) is 7.57. The van der Waals surface area contributed by atoms with Gasteiger partial charge < -0.3 is 0 Å². The van der Waals surface area contributed by atoms with Gasteiger partial charge in [-0.15, -0.1) is 0 Å². The molecule has 0 amide bonds. The maximum Gasteiger partial charge on any atom is 0.211 e. The summed E-state index contributed by atoms with van der Waals surface area (Å²) in [5.74, 6) is 1.25. The summed E-state index contributed by atoms with van der Waals surface area (Å²) in [4.78, 5) is 0.491. The van der Waals surface area contributed by atoms with Crippen LogP contribution in [0.5, 0.6) is 0 Å². The second kappa shape index (κ2) is 5.36. The predicted octanol–water partition coefficient (Wildman–Crippen LogP) is 2.27.